The number of hydrogen-bond donors (Lipinski definition) is 0. The zero-order chi connectivity index (χ0) is 16.1. The van der Waals surface area contributed by atoms with Gasteiger partial charge < -0.3 is 52.0 Å². The Morgan fingerprint density at radius 3 is 1.74 bits per heavy atom. The molecule has 1 aliphatic carbocycles. The molecule has 0 nitrogen and oxygen atoms in total. The molecule has 0 radical (unpaired) electrons. The molecule has 0 spiro atoms. The summed E-state index contributed by atoms with van der Waals surface area (Å²) in [6.45, 7) is 4.36. The van der Waals surface area contributed by atoms with Crippen LogP contribution in [-0.4, -0.2) is 0 Å². The van der Waals surface area contributed by atoms with Gasteiger partial charge in [0.2, 0.25) is 0 Å². The third-order valence-corrected chi connectivity index (χ3v) is 4.35. The van der Waals surface area contributed by atoms with E-state index in [1.807, 2.05) is 30.3 Å². The van der Waals surface area contributed by atoms with Gasteiger partial charge in [-0.05, 0) is 25.8 Å². The molecule has 0 N–H and O–H groups in total. The summed E-state index contributed by atoms with van der Waals surface area (Å²) in [5, 5.41) is 0. The van der Waals surface area contributed by atoms with Crippen molar-refractivity contribution >= 4 is 6.08 Å². The fourth-order valence-corrected chi connectivity index (χ4v) is 2.91. The topological polar surface area (TPSA) is 0 Å². The molecule has 3 aromatic rings. The molecule has 0 saturated carbocycles. The molecule has 0 aromatic heterocycles. The first-order chi connectivity index (χ1) is 11.2. The van der Waals surface area contributed by atoms with E-state index < -0.39 is 0 Å². The number of aryl methyl sites for hydroxylation is 2. The van der Waals surface area contributed by atoms with Gasteiger partial charge in [0.15, 0.2) is 0 Å². The summed E-state index contributed by atoms with van der Waals surface area (Å²) >= 11 is 0. The predicted molar refractivity (Wildman–Crippen MR) is 143 cm³/mol. The molecule has 1 aliphatic rings. The van der Waals surface area contributed by atoms with Crippen molar-refractivity contribution in [2.75, 3.05) is 0 Å². The first-order valence-electron chi connectivity index (χ1n) is 8.15. The van der Waals surface area contributed by atoms with Crippen LogP contribution < -0.4 is 0 Å². The van der Waals surface area contributed by atoms with Gasteiger partial charge in [-0.3, -0.25) is 6.08 Å². The normalized spacial score (nSPS) is 11.1. The average molecular weight is 582 g/mol. The van der Waals surface area contributed by atoms with E-state index in [9.17, 15) is 0 Å². The fourth-order valence-electron chi connectivity index (χ4n) is 2.91. The molecule has 1 atom stereocenters. The smallest absolute Gasteiger partial charge is 0 e. The Morgan fingerprint density at radius 1 is 0.742 bits per heavy atom. The molecule has 0 saturated heterocycles. The van der Waals surface area contributed by atoms with Crippen LogP contribution in [0.2, 0.25) is 0 Å². The maximum atomic E-state index is 3.50. The second-order valence-corrected chi connectivity index (χ2v) is 6.08. The van der Waals surface area contributed by atoms with E-state index >= 15 is 0 Å². The largest absolute Gasteiger partial charge is 0.358 e. The van der Waals surface area contributed by atoms with Gasteiger partial charge >= 0.3 is 0 Å². The van der Waals surface area contributed by atoms with Crippen molar-refractivity contribution in [3.63, 3.8) is 0 Å². The molecule has 176 valence electrons. The molecule has 0 bridgehead atoms. The van der Waals surface area contributed by atoms with Gasteiger partial charge in [0.25, 0.3) is 0 Å². The van der Waals surface area contributed by atoms with Crippen LogP contribution in [0.4, 0.5) is 0 Å². The second-order valence-electron chi connectivity index (χ2n) is 6.08. The Labute approximate surface area is 216 Å². The maximum absolute atomic E-state index is 3.50. The third-order valence-electron chi connectivity index (χ3n) is 4.35. The van der Waals surface area contributed by atoms with Crippen LogP contribution in [0.25, 0.3) is 6.08 Å². The minimum absolute atomic E-state index is 0. The van der Waals surface area contributed by atoms with Crippen molar-refractivity contribution in [3.8, 4) is 0 Å². The standard InChI is InChI=1S/C18H17.C5H5.7CH3.Hf/c1-13-10-16-8-9-17(18(16)11-14(13)2)12-15-6-4-3-5-7-15;1-2-4-5-3-1;;;;;;;;/h3-8,10-11,17H,12H2,1-2H3;1-5H;7*1H3;/q9*-1;. The first-order valence-corrected chi connectivity index (χ1v) is 8.15. The third kappa shape index (κ3) is 12.1. The molecule has 1 unspecified atom stereocenters. The number of fused-ring (bicyclic) bond motifs is 1. The van der Waals surface area contributed by atoms with Crippen molar-refractivity contribution < 1.29 is 25.8 Å². The summed E-state index contributed by atoms with van der Waals surface area (Å²) in [5.74, 6) is 0.418. The van der Waals surface area contributed by atoms with E-state index in [1.165, 1.54) is 27.8 Å². The van der Waals surface area contributed by atoms with Crippen molar-refractivity contribution in [3.05, 3.63) is 159 Å². The van der Waals surface area contributed by atoms with Gasteiger partial charge in [0.05, 0.1) is 0 Å². The van der Waals surface area contributed by atoms with E-state index in [0.717, 1.165) is 6.42 Å². The molecule has 31 heavy (non-hydrogen) atoms. The Kier molecular flexibility index (Phi) is 30.2. The minimum atomic E-state index is 0. The van der Waals surface area contributed by atoms with E-state index in [0.29, 0.717) is 5.92 Å². The molecule has 3 aromatic carbocycles. The Bertz CT molecular complexity index is 750. The van der Waals surface area contributed by atoms with E-state index in [2.05, 4.69) is 68.5 Å². The molecule has 0 aliphatic heterocycles. The van der Waals surface area contributed by atoms with Gasteiger partial charge in [-0.1, -0.05) is 53.4 Å². The summed E-state index contributed by atoms with van der Waals surface area (Å²) in [7, 11) is 0. The Balaban J connectivity index is -0.000000108. The Morgan fingerprint density at radius 2 is 1.26 bits per heavy atom. The summed E-state index contributed by atoms with van der Waals surface area (Å²) < 4.78 is 0. The maximum Gasteiger partial charge on any atom is 0 e. The molecule has 0 amide bonds. The van der Waals surface area contributed by atoms with Crippen LogP contribution in [0.5, 0.6) is 0 Å². The zero-order valence-corrected chi connectivity index (χ0v) is 24.9. The van der Waals surface area contributed by atoms with Crippen LogP contribution in [0, 0.1) is 71.9 Å². The summed E-state index contributed by atoms with van der Waals surface area (Å²) in [4.78, 5) is 0. The van der Waals surface area contributed by atoms with Gasteiger partial charge in [-0.15, -0.1) is 11.6 Å². The van der Waals surface area contributed by atoms with E-state index in [4.69, 9.17) is 0 Å². The van der Waals surface area contributed by atoms with Crippen LogP contribution in [0.15, 0.2) is 72.8 Å². The van der Waals surface area contributed by atoms with Gasteiger partial charge in [0, 0.05) is 25.8 Å². The fraction of sp³-hybridized carbons (Fsp3) is 0.133. The quantitative estimate of drug-likeness (QED) is 0.209. The summed E-state index contributed by atoms with van der Waals surface area (Å²) in [6, 6.07) is 25.3. The molecule has 1 heteroatoms. The molecular weight excluding hydrogens is 539 g/mol. The van der Waals surface area contributed by atoms with Crippen LogP contribution in [-0.2, 0) is 32.3 Å². The van der Waals surface area contributed by atoms with E-state index in [-0.39, 0.29) is 77.8 Å². The summed E-state index contributed by atoms with van der Waals surface area (Å²) in [6.07, 6.45) is 6.70. The number of hydrogen-bond acceptors (Lipinski definition) is 0. The Hall–Kier alpha value is -1.60. The van der Waals surface area contributed by atoms with Crippen molar-refractivity contribution in [1.82, 2.24) is 0 Å². The van der Waals surface area contributed by atoms with Crippen LogP contribution in [0.1, 0.15) is 33.7 Å². The SMILES string of the molecule is Cc1cc2c(cc1C)C(Cc1ccccc1)[C-]=C2.[CH3-].[CH3-].[CH3-].[CH3-].[CH3-].[CH3-].[CH3-].[Hf].c1cc[cH-]c1. The molecular formula is C30H43Hf-9. The van der Waals surface area contributed by atoms with Crippen LogP contribution in [0.3, 0.4) is 0 Å². The number of allylic oxidation sites excluding steroid dienone is 1. The van der Waals surface area contributed by atoms with Crippen molar-refractivity contribution in [1.29, 1.82) is 0 Å². The number of benzene rings is 2. The van der Waals surface area contributed by atoms with Crippen molar-refractivity contribution in [2.45, 2.75) is 26.2 Å². The number of rotatable bonds is 2. The minimum Gasteiger partial charge on any atom is -0.358 e. The summed E-state index contributed by atoms with van der Waals surface area (Å²) in [5.41, 5.74) is 6.91. The van der Waals surface area contributed by atoms with Crippen LogP contribution >= 0.6 is 0 Å². The predicted octanol–water partition coefficient (Wildman–Crippen LogP) is 9.01. The zero-order valence-electron chi connectivity index (χ0n) is 21.3. The van der Waals surface area contributed by atoms with Gasteiger partial charge in [-0.25, -0.2) is 18.2 Å². The van der Waals surface area contributed by atoms with Gasteiger partial charge in [0.1, 0.15) is 0 Å². The monoisotopic (exact) mass is 583 g/mol. The first kappa shape index (κ1) is 43.3. The average Bonchev–Trinajstić information content (AvgIpc) is 3.24. The molecule has 0 heterocycles. The van der Waals surface area contributed by atoms with E-state index in [1.54, 1.807) is 0 Å². The molecule has 0 fully saturated rings. The second kappa shape index (κ2) is 21.6. The van der Waals surface area contributed by atoms with Crippen molar-refractivity contribution in [2.24, 2.45) is 0 Å². The van der Waals surface area contributed by atoms with Gasteiger partial charge in [-0.2, -0.15) is 23.8 Å². The molecule has 4 rings (SSSR count).